The number of benzene rings is 1. The van der Waals surface area contributed by atoms with Gasteiger partial charge < -0.3 is 15.1 Å². The van der Waals surface area contributed by atoms with Crippen molar-refractivity contribution in [3.8, 4) is 0 Å². The lowest BCUT2D eigenvalue weighted by molar-refractivity contribution is -0.131. The van der Waals surface area contributed by atoms with Crippen molar-refractivity contribution in [2.45, 2.75) is 33.9 Å². The number of aliphatic imine (C=N–C) groups is 2. The number of halogens is 3. The lowest BCUT2D eigenvalue weighted by Gasteiger charge is -2.37. The lowest BCUT2D eigenvalue weighted by atomic mass is 10.2. The Bertz CT molecular complexity index is 1090. The molecule has 0 atom stereocenters. The Kier molecular flexibility index (Phi) is 7.52. The molecule has 1 aromatic heterocycles. The minimum Gasteiger partial charge on any atom is -0.348 e. The summed E-state index contributed by atoms with van der Waals surface area (Å²) in [5.41, 5.74) is 1.75. The zero-order valence-corrected chi connectivity index (χ0v) is 18.8. The Labute approximate surface area is 190 Å². The molecule has 1 aromatic carbocycles. The molecule has 8 nitrogen and oxygen atoms in total. The van der Waals surface area contributed by atoms with Crippen LogP contribution in [0, 0.1) is 17.5 Å². The van der Waals surface area contributed by atoms with E-state index in [4.69, 9.17) is 0 Å². The molecule has 0 saturated heterocycles. The van der Waals surface area contributed by atoms with Gasteiger partial charge in [0.2, 0.25) is 11.9 Å². The third kappa shape index (κ3) is 5.41. The molecule has 0 spiro atoms. The number of guanidine groups is 1. The molecule has 3 rings (SSSR count). The maximum atomic E-state index is 13.4. The molecule has 0 unspecified atom stereocenters. The molecular formula is C22H26F3N7O. The van der Waals surface area contributed by atoms with Gasteiger partial charge in [-0.3, -0.25) is 9.48 Å². The average molecular weight is 461 g/mol. The van der Waals surface area contributed by atoms with E-state index in [2.05, 4.69) is 27.1 Å². The fourth-order valence-electron chi connectivity index (χ4n) is 3.59. The van der Waals surface area contributed by atoms with Crippen molar-refractivity contribution in [3.63, 3.8) is 0 Å². The van der Waals surface area contributed by atoms with Crippen molar-refractivity contribution >= 4 is 18.6 Å². The SMILES string of the molecule is C=NC(=NCc1cnn(Cc2cc(F)c(F)c(F)c2)c1)NC1=C(C)N(CC)C(=O)CN1CC. The first-order valence-electron chi connectivity index (χ1n) is 10.5. The molecule has 1 aliphatic heterocycles. The van der Waals surface area contributed by atoms with Gasteiger partial charge in [0.15, 0.2) is 17.5 Å². The largest absolute Gasteiger partial charge is 0.348 e. The minimum atomic E-state index is -1.50. The van der Waals surface area contributed by atoms with E-state index in [1.165, 1.54) is 4.68 Å². The van der Waals surface area contributed by atoms with E-state index < -0.39 is 17.5 Å². The van der Waals surface area contributed by atoms with Gasteiger partial charge in [0.25, 0.3) is 0 Å². The van der Waals surface area contributed by atoms with Crippen LogP contribution in [0.5, 0.6) is 0 Å². The van der Waals surface area contributed by atoms with Crippen molar-refractivity contribution in [1.29, 1.82) is 0 Å². The van der Waals surface area contributed by atoms with Crippen LogP contribution in [0.15, 0.2) is 46.0 Å². The zero-order chi connectivity index (χ0) is 24.1. The van der Waals surface area contributed by atoms with Gasteiger partial charge in [0, 0.05) is 24.8 Å². The predicted molar refractivity (Wildman–Crippen MR) is 119 cm³/mol. The molecule has 33 heavy (non-hydrogen) atoms. The second kappa shape index (κ2) is 10.3. The molecule has 11 heteroatoms. The van der Waals surface area contributed by atoms with Crippen LogP contribution in [0.4, 0.5) is 13.2 Å². The fourth-order valence-corrected chi connectivity index (χ4v) is 3.59. The number of carbonyl (C=O) groups excluding carboxylic acids is 1. The zero-order valence-electron chi connectivity index (χ0n) is 18.8. The van der Waals surface area contributed by atoms with Gasteiger partial charge in [0.1, 0.15) is 5.82 Å². The van der Waals surface area contributed by atoms with E-state index >= 15 is 0 Å². The lowest BCUT2D eigenvalue weighted by Crippen LogP contribution is -2.49. The third-order valence-corrected chi connectivity index (χ3v) is 5.26. The molecule has 0 bridgehead atoms. The first kappa shape index (κ1) is 24.0. The Morgan fingerprint density at radius 2 is 1.88 bits per heavy atom. The van der Waals surface area contributed by atoms with Crippen LogP contribution < -0.4 is 5.32 Å². The highest BCUT2D eigenvalue weighted by atomic mass is 19.2. The van der Waals surface area contributed by atoms with Crippen molar-refractivity contribution in [2.24, 2.45) is 9.98 Å². The van der Waals surface area contributed by atoms with Crippen LogP contribution in [-0.2, 0) is 17.9 Å². The standard InChI is InChI=1S/C22H26F3N7O/c1-5-30-13-19(33)32(6-2)14(3)21(30)29-22(26-4)27-9-16-10-28-31(12-16)11-15-7-17(23)20(25)18(24)8-15/h7-8,10,12H,4-6,9,11,13H2,1-3H3,(H,27,29). The Hall–Kier alpha value is -3.63. The number of likely N-dealkylation sites (N-methyl/N-ethyl adjacent to an activating group) is 2. The molecule has 2 heterocycles. The van der Waals surface area contributed by atoms with E-state index in [1.54, 1.807) is 17.3 Å². The molecule has 1 N–H and O–H groups in total. The minimum absolute atomic E-state index is 0.0285. The number of allylic oxidation sites excluding steroid dienone is 1. The van der Waals surface area contributed by atoms with E-state index in [9.17, 15) is 18.0 Å². The van der Waals surface area contributed by atoms with Crippen LogP contribution in [-0.4, -0.2) is 57.8 Å². The molecule has 2 aromatic rings. The van der Waals surface area contributed by atoms with Crippen LogP contribution in [0.25, 0.3) is 0 Å². The monoisotopic (exact) mass is 461 g/mol. The van der Waals surface area contributed by atoms with E-state index in [1.807, 2.05) is 25.7 Å². The molecular weight excluding hydrogens is 435 g/mol. The summed E-state index contributed by atoms with van der Waals surface area (Å²) in [5, 5.41) is 7.32. The summed E-state index contributed by atoms with van der Waals surface area (Å²) in [6, 6.07) is 1.87. The summed E-state index contributed by atoms with van der Waals surface area (Å²) in [6.45, 7) is 11.0. The number of hydrogen-bond acceptors (Lipinski definition) is 4. The van der Waals surface area contributed by atoms with Gasteiger partial charge in [-0.25, -0.2) is 23.2 Å². The normalized spacial score (nSPS) is 14.8. The Morgan fingerprint density at radius 1 is 1.18 bits per heavy atom. The van der Waals surface area contributed by atoms with Gasteiger partial charge in [-0.05, 0) is 45.2 Å². The second-order valence-corrected chi connectivity index (χ2v) is 7.43. The van der Waals surface area contributed by atoms with Gasteiger partial charge >= 0.3 is 0 Å². The van der Waals surface area contributed by atoms with Crippen molar-refractivity contribution in [2.75, 3.05) is 19.6 Å². The van der Waals surface area contributed by atoms with E-state index in [0.29, 0.717) is 13.1 Å². The van der Waals surface area contributed by atoms with Crippen molar-refractivity contribution in [1.82, 2.24) is 24.9 Å². The molecule has 0 saturated carbocycles. The van der Waals surface area contributed by atoms with Crippen molar-refractivity contribution < 1.29 is 18.0 Å². The summed E-state index contributed by atoms with van der Waals surface area (Å²) in [4.78, 5) is 24.3. The highest BCUT2D eigenvalue weighted by molar-refractivity contribution is 5.87. The molecule has 176 valence electrons. The summed E-state index contributed by atoms with van der Waals surface area (Å²) in [6.07, 6.45) is 3.24. The number of rotatable bonds is 7. The molecule has 0 fully saturated rings. The molecule has 1 amide bonds. The number of nitrogens with zero attached hydrogens (tertiary/aromatic N) is 6. The quantitative estimate of drug-likeness (QED) is 0.391. The van der Waals surface area contributed by atoms with Crippen LogP contribution >= 0.6 is 0 Å². The Balaban J connectivity index is 1.72. The summed E-state index contributed by atoms with van der Waals surface area (Å²) in [5.74, 6) is -2.94. The summed E-state index contributed by atoms with van der Waals surface area (Å²) in [7, 11) is 0. The first-order valence-corrected chi connectivity index (χ1v) is 10.5. The topological polar surface area (TPSA) is 78.1 Å². The highest BCUT2D eigenvalue weighted by Crippen LogP contribution is 2.19. The number of carbonyl (C=O) groups is 1. The average Bonchev–Trinajstić information content (AvgIpc) is 3.23. The van der Waals surface area contributed by atoms with Gasteiger partial charge in [-0.2, -0.15) is 5.10 Å². The highest BCUT2D eigenvalue weighted by Gasteiger charge is 2.28. The van der Waals surface area contributed by atoms with Gasteiger partial charge in [0.05, 0.1) is 31.5 Å². The van der Waals surface area contributed by atoms with Crippen LogP contribution in [0.1, 0.15) is 31.9 Å². The summed E-state index contributed by atoms with van der Waals surface area (Å²) >= 11 is 0. The number of hydrogen-bond donors (Lipinski definition) is 1. The predicted octanol–water partition coefficient (Wildman–Crippen LogP) is 2.87. The van der Waals surface area contributed by atoms with E-state index in [0.717, 1.165) is 29.2 Å². The van der Waals surface area contributed by atoms with E-state index in [-0.39, 0.29) is 37.1 Å². The molecule has 1 aliphatic rings. The van der Waals surface area contributed by atoms with Crippen LogP contribution in [0.3, 0.4) is 0 Å². The maximum Gasteiger partial charge on any atom is 0.246 e. The number of aromatic nitrogens is 2. The fraction of sp³-hybridized carbons (Fsp3) is 0.364. The van der Waals surface area contributed by atoms with Crippen LogP contribution in [0.2, 0.25) is 0 Å². The van der Waals surface area contributed by atoms with Gasteiger partial charge in [-0.15, -0.1) is 0 Å². The third-order valence-electron chi connectivity index (χ3n) is 5.26. The number of nitrogens with one attached hydrogen (secondary N) is 1. The summed E-state index contributed by atoms with van der Waals surface area (Å²) < 4.78 is 41.5. The molecule has 0 aliphatic carbocycles. The molecule has 0 radical (unpaired) electrons. The van der Waals surface area contributed by atoms with Crippen molar-refractivity contribution in [3.05, 3.63) is 64.6 Å². The first-order chi connectivity index (χ1) is 15.8. The number of amides is 1. The maximum absolute atomic E-state index is 13.4. The Morgan fingerprint density at radius 3 is 2.48 bits per heavy atom. The second-order valence-electron chi connectivity index (χ2n) is 7.43. The van der Waals surface area contributed by atoms with Gasteiger partial charge in [-0.1, -0.05) is 0 Å². The smallest absolute Gasteiger partial charge is 0.246 e.